The maximum atomic E-state index is 14.2. The molecule has 5 atom stereocenters. The largest absolute Gasteiger partial charge is 0.480 e. The molecule has 0 spiro atoms. The second kappa shape index (κ2) is 40.9. The zero-order valence-electron chi connectivity index (χ0n) is 46.0. The number of ether oxygens (including phenoxy) is 3. The number of unbranched alkanes of at least 4 members (excludes halogenated alkanes) is 28. The predicted molar refractivity (Wildman–Crippen MR) is 291 cm³/mol. The summed E-state index contributed by atoms with van der Waals surface area (Å²) in [7, 11) is 0. The van der Waals surface area contributed by atoms with Crippen LogP contribution in [-0.2, 0) is 44.6 Å². The van der Waals surface area contributed by atoms with Gasteiger partial charge in [-0.1, -0.05) is 237 Å². The van der Waals surface area contributed by atoms with E-state index in [1.54, 1.807) is 11.8 Å². The summed E-state index contributed by atoms with van der Waals surface area (Å²) in [5, 5.41) is 13.4. The third-order valence-corrected chi connectivity index (χ3v) is 15.4. The topological polar surface area (TPSA) is 149 Å². The van der Waals surface area contributed by atoms with Crippen molar-refractivity contribution in [1.82, 2.24) is 10.2 Å². The van der Waals surface area contributed by atoms with Gasteiger partial charge >= 0.3 is 23.9 Å². The zero-order chi connectivity index (χ0) is 51.9. The minimum absolute atomic E-state index is 0.135. The molecule has 2 fully saturated rings. The Morgan fingerprint density at radius 3 is 1.44 bits per heavy atom. The Labute approximate surface area is 438 Å². The monoisotopic (exact) mass is 1010 g/mol. The Bertz CT molecular complexity index is 1520. The van der Waals surface area contributed by atoms with E-state index in [0.29, 0.717) is 32.1 Å². The maximum Gasteiger partial charge on any atom is 0.326 e. The number of likely N-dealkylation sites (tertiary alicyclic amines) is 1. The molecule has 72 heavy (non-hydrogen) atoms. The SMILES string of the molecule is CCCCCCCCCCCCCCCCCC(=O)OCC(COC(=O)CCCCCCCCCCCCCCCCC)OC(=O)[C@H](CCc1ccccc1)N[C@@H](C)C(=O)N1[C@H](C(=O)O)C[C@@H]2CCCC[C@@H]21. The van der Waals surface area contributed by atoms with Crippen molar-refractivity contribution in [1.29, 1.82) is 0 Å². The Morgan fingerprint density at radius 1 is 0.597 bits per heavy atom. The summed E-state index contributed by atoms with van der Waals surface area (Å²) in [5.74, 6) is -2.61. The minimum atomic E-state index is -1.04. The van der Waals surface area contributed by atoms with Gasteiger partial charge in [0.15, 0.2) is 6.10 Å². The van der Waals surface area contributed by atoms with Crippen molar-refractivity contribution in [2.45, 2.75) is 301 Å². The Hall–Kier alpha value is -3.47. The summed E-state index contributed by atoms with van der Waals surface area (Å²) in [4.78, 5) is 68.4. The van der Waals surface area contributed by atoms with Crippen LogP contribution in [0.3, 0.4) is 0 Å². The zero-order valence-corrected chi connectivity index (χ0v) is 46.0. The summed E-state index contributed by atoms with van der Waals surface area (Å²) >= 11 is 0. The number of rotatable bonds is 45. The smallest absolute Gasteiger partial charge is 0.326 e. The lowest BCUT2D eigenvalue weighted by atomic mass is 9.84. The van der Waals surface area contributed by atoms with E-state index in [1.165, 1.54) is 141 Å². The molecule has 2 aliphatic rings. The van der Waals surface area contributed by atoms with Crippen molar-refractivity contribution < 1.29 is 43.3 Å². The van der Waals surface area contributed by atoms with Gasteiger partial charge in [0.25, 0.3) is 0 Å². The number of esters is 3. The van der Waals surface area contributed by atoms with Gasteiger partial charge in [0.1, 0.15) is 25.3 Å². The van der Waals surface area contributed by atoms with Gasteiger partial charge in [0.2, 0.25) is 5.91 Å². The third-order valence-electron chi connectivity index (χ3n) is 15.4. The number of benzene rings is 1. The van der Waals surface area contributed by atoms with Gasteiger partial charge < -0.3 is 24.2 Å². The van der Waals surface area contributed by atoms with Crippen LogP contribution in [0.25, 0.3) is 0 Å². The van der Waals surface area contributed by atoms with E-state index >= 15 is 0 Å². The summed E-state index contributed by atoms with van der Waals surface area (Å²) < 4.78 is 17.4. The molecule has 412 valence electrons. The standard InChI is InChI=1S/C61H104N2O9/c1-4-6-8-10-12-14-16-18-20-22-24-26-28-30-35-43-57(64)70-48-53(49-71-58(65)44-36-31-29-27-25-23-21-19-17-15-13-11-9-7-5-2)72-61(69)54(46-45-51-39-33-32-34-40-51)62-50(3)59(66)63-55-42-38-37-41-52(55)47-56(63)60(67)68/h32-34,39-40,50,52-56,62H,4-31,35-38,41-49H2,1-3H3,(H,67,68)/t50-,52-,54-,55-,56-/m0/s1. The lowest BCUT2D eigenvalue weighted by Gasteiger charge is -2.35. The molecular formula is C61H104N2O9. The number of aryl methyl sites for hydroxylation is 1. The molecule has 2 N–H and O–H groups in total. The average molecular weight is 1010 g/mol. The van der Waals surface area contributed by atoms with Crippen molar-refractivity contribution in [2.24, 2.45) is 5.92 Å². The molecular weight excluding hydrogens is 905 g/mol. The van der Waals surface area contributed by atoms with Crippen LogP contribution in [0.2, 0.25) is 0 Å². The van der Waals surface area contributed by atoms with Crippen molar-refractivity contribution in [3.63, 3.8) is 0 Å². The van der Waals surface area contributed by atoms with E-state index in [0.717, 1.165) is 69.8 Å². The fraction of sp³-hybridized carbons (Fsp3) is 0.820. The molecule has 1 saturated carbocycles. The van der Waals surface area contributed by atoms with Gasteiger partial charge in [0.05, 0.1) is 6.04 Å². The van der Waals surface area contributed by atoms with E-state index in [1.807, 2.05) is 30.3 Å². The molecule has 1 aliphatic heterocycles. The van der Waals surface area contributed by atoms with Gasteiger partial charge in [-0.25, -0.2) is 4.79 Å². The number of aliphatic carboxylic acids is 1. The molecule has 11 nitrogen and oxygen atoms in total. The molecule has 0 radical (unpaired) electrons. The highest BCUT2D eigenvalue weighted by Gasteiger charge is 2.48. The van der Waals surface area contributed by atoms with E-state index in [9.17, 15) is 29.1 Å². The molecule has 3 rings (SSSR count). The Balaban J connectivity index is 1.51. The number of amides is 1. The maximum absolute atomic E-state index is 14.2. The lowest BCUT2D eigenvalue weighted by Crippen LogP contribution is -2.56. The van der Waals surface area contributed by atoms with Crippen molar-refractivity contribution >= 4 is 29.8 Å². The first-order chi connectivity index (χ1) is 35.1. The van der Waals surface area contributed by atoms with Crippen LogP contribution in [0.4, 0.5) is 0 Å². The number of carboxylic acids is 1. The average Bonchev–Trinajstić information content (AvgIpc) is 3.78. The first-order valence-corrected chi connectivity index (χ1v) is 30.0. The molecule has 0 unspecified atom stereocenters. The first kappa shape index (κ1) is 62.8. The Kier molecular flexibility index (Phi) is 35.7. The highest BCUT2D eigenvalue weighted by Crippen LogP contribution is 2.40. The Morgan fingerprint density at radius 2 is 1.01 bits per heavy atom. The van der Waals surface area contributed by atoms with Crippen LogP contribution in [-0.4, -0.2) is 83.3 Å². The lowest BCUT2D eigenvalue weighted by molar-refractivity contribution is -0.168. The third kappa shape index (κ3) is 28.3. The number of hydrogen-bond acceptors (Lipinski definition) is 9. The number of hydrogen-bond donors (Lipinski definition) is 2. The molecule has 1 aromatic rings. The molecule has 1 saturated heterocycles. The second-order valence-corrected chi connectivity index (χ2v) is 21.7. The fourth-order valence-corrected chi connectivity index (χ4v) is 11.0. The molecule has 1 heterocycles. The molecule has 11 heteroatoms. The molecule has 0 aromatic heterocycles. The van der Waals surface area contributed by atoms with Crippen LogP contribution in [0.5, 0.6) is 0 Å². The van der Waals surface area contributed by atoms with E-state index < -0.39 is 36.2 Å². The molecule has 1 amide bonds. The summed E-state index contributed by atoms with van der Waals surface area (Å²) in [6, 6.07) is 6.87. The number of carbonyl (C=O) groups excluding carboxylic acids is 4. The van der Waals surface area contributed by atoms with Crippen molar-refractivity contribution in [2.75, 3.05) is 13.2 Å². The van der Waals surface area contributed by atoms with Crippen LogP contribution < -0.4 is 5.32 Å². The van der Waals surface area contributed by atoms with Crippen molar-refractivity contribution in [3.05, 3.63) is 35.9 Å². The number of nitrogens with zero attached hydrogens (tertiary/aromatic N) is 1. The molecule has 0 bridgehead atoms. The number of carbonyl (C=O) groups is 5. The van der Waals surface area contributed by atoms with Gasteiger partial charge in [-0.15, -0.1) is 0 Å². The summed E-state index contributed by atoms with van der Waals surface area (Å²) in [5.41, 5.74) is 1.00. The van der Waals surface area contributed by atoms with Crippen LogP contribution in [0.1, 0.15) is 270 Å². The van der Waals surface area contributed by atoms with Crippen LogP contribution >= 0.6 is 0 Å². The van der Waals surface area contributed by atoms with Crippen molar-refractivity contribution in [3.8, 4) is 0 Å². The van der Waals surface area contributed by atoms with Crippen LogP contribution in [0, 0.1) is 5.92 Å². The number of carboxylic acid groups (broad SMARTS) is 1. The second-order valence-electron chi connectivity index (χ2n) is 21.7. The van der Waals surface area contributed by atoms with Gasteiger partial charge in [-0.3, -0.25) is 24.5 Å². The summed E-state index contributed by atoms with van der Waals surface area (Å²) in [6.45, 7) is 5.68. The number of fused-ring (bicyclic) bond motifs is 1. The quantitative estimate of drug-likeness (QED) is 0.0367. The van der Waals surface area contributed by atoms with Crippen LogP contribution in [0.15, 0.2) is 30.3 Å². The van der Waals surface area contributed by atoms with E-state index in [4.69, 9.17) is 14.2 Å². The molecule has 1 aliphatic carbocycles. The number of nitrogens with one attached hydrogen (secondary N) is 1. The highest BCUT2D eigenvalue weighted by atomic mass is 16.6. The first-order valence-electron chi connectivity index (χ1n) is 30.0. The van der Waals surface area contributed by atoms with E-state index in [2.05, 4.69) is 19.2 Å². The molecule has 1 aromatic carbocycles. The summed E-state index contributed by atoms with van der Waals surface area (Å²) in [6.07, 6.45) is 41.4. The normalized spacial score (nSPS) is 17.4. The predicted octanol–water partition coefficient (Wildman–Crippen LogP) is 14.7. The highest BCUT2D eigenvalue weighted by molar-refractivity contribution is 5.88. The van der Waals surface area contributed by atoms with E-state index in [-0.39, 0.29) is 55.9 Å². The fourth-order valence-electron chi connectivity index (χ4n) is 11.0. The van der Waals surface area contributed by atoms with Gasteiger partial charge in [0, 0.05) is 18.9 Å². The van der Waals surface area contributed by atoms with Gasteiger partial charge in [-0.05, 0) is 63.4 Å². The van der Waals surface area contributed by atoms with Gasteiger partial charge in [-0.2, -0.15) is 0 Å². The minimum Gasteiger partial charge on any atom is -0.480 e.